The van der Waals surface area contributed by atoms with Crippen LogP contribution in [0.5, 0.6) is 11.5 Å². The van der Waals surface area contributed by atoms with Crippen LogP contribution in [0.2, 0.25) is 0 Å². The molecule has 0 saturated heterocycles. The third-order valence-electron chi connectivity index (χ3n) is 5.02. The van der Waals surface area contributed by atoms with Gasteiger partial charge in [-0.1, -0.05) is 56.3 Å². The van der Waals surface area contributed by atoms with Crippen LogP contribution in [-0.2, 0) is 4.79 Å². The maximum absolute atomic E-state index is 12.3. The molecule has 1 unspecified atom stereocenters. The highest BCUT2D eigenvalue weighted by Gasteiger charge is 2.16. The van der Waals surface area contributed by atoms with E-state index in [0.29, 0.717) is 29.6 Å². The Kier molecular flexibility index (Phi) is 8.47. The van der Waals surface area contributed by atoms with E-state index >= 15 is 0 Å². The molecule has 2 amide bonds. The number of amides is 2. The molecule has 0 saturated carbocycles. The summed E-state index contributed by atoms with van der Waals surface area (Å²) < 4.78 is 11.3. The van der Waals surface area contributed by atoms with E-state index in [-0.39, 0.29) is 0 Å². The molecule has 6 heteroatoms. The molecule has 0 aromatic heterocycles. The quantitative estimate of drug-likeness (QED) is 0.453. The standard InChI is InChI=1S/C27H30N2O4/c1-19(2)17-18-32-24-13-11-23(12-14-24)27(31)29-28-26(30)20(3)33-25-15-9-22(10-16-25)21-7-5-4-6-8-21/h4-16,19-20H,17-18H2,1-3H3,(H,28,30)(H,29,31). The summed E-state index contributed by atoms with van der Waals surface area (Å²) in [6.45, 7) is 6.53. The molecule has 1 atom stereocenters. The van der Waals surface area contributed by atoms with Crippen LogP contribution in [0.25, 0.3) is 11.1 Å². The first-order valence-electron chi connectivity index (χ1n) is 11.1. The minimum Gasteiger partial charge on any atom is -0.494 e. The van der Waals surface area contributed by atoms with Crippen molar-refractivity contribution in [3.63, 3.8) is 0 Å². The number of carbonyl (C=O) groups is 2. The van der Waals surface area contributed by atoms with Crippen molar-refractivity contribution in [3.8, 4) is 22.6 Å². The smallest absolute Gasteiger partial charge is 0.279 e. The summed E-state index contributed by atoms with van der Waals surface area (Å²) in [4.78, 5) is 24.6. The van der Waals surface area contributed by atoms with E-state index < -0.39 is 17.9 Å². The van der Waals surface area contributed by atoms with E-state index in [4.69, 9.17) is 9.47 Å². The molecule has 6 nitrogen and oxygen atoms in total. The third-order valence-corrected chi connectivity index (χ3v) is 5.02. The molecule has 0 bridgehead atoms. The lowest BCUT2D eigenvalue weighted by Gasteiger charge is -2.15. The van der Waals surface area contributed by atoms with Crippen LogP contribution < -0.4 is 20.3 Å². The van der Waals surface area contributed by atoms with Crippen LogP contribution in [0.4, 0.5) is 0 Å². The molecular weight excluding hydrogens is 416 g/mol. The summed E-state index contributed by atoms with van der Waals surface area (Å²) in [5.41, 5.74) is 7.40. The SMILES string of the molecule is CC(C)CCOc1ccc(C(=O)NNC(=O)C(C)Oc2ccc(-c3ccccc3)cc2)cc1. The van der Waals surface area contributed by atoms with Crippen LogP contribution >= 0.6 is 0 Å². The van der Waals surface area contributed by atoms with Crippen LogP contribution in [0.15, 0.2) is 78.9 Å². The van der Waals surface area contributed by atoms with Gasteiger partial charge in [0, 0.05) is 5.56 Å². The van der Waals surface area contributed by atoms with Crippen molar-refractivity contribution in [2.24, 2.45) is 5.92 Å². The van der Waals surface area contributed by atoms with Gasteiger partial charge in [-0.05, 0) is 66.8 Å². The fourth-order valence-electron chi connectivity index (χ4n) is 3.02. The summed E-state index contributed by atoms with van der Waals surface area (Å²) in [6, 6.07) is 24.3. The third kappa shape index (κ3) is 7.38. The first-order chi connectivity index (χ1) is 15.9. The van der Waals surface area contributed by atoms with Gasteiger partial charge in [0.2, 0.25) is 0 Å². The zero-order valence-electron chi connectivity index (χ0n) is 19.2. The predicted octanol–water partition coefficient (Wildman–Crippen LogP) is 5.01. The van der Waals surface area contributed by atoms with Gasteiger partial charge in [-0.25, -0.2) is 0 Å². The lowest BCUT2D eigenvalue weighted by molar-refractivity contribution is -0.128. The Balaban J connectivity index is 1.45. The molecule has 0 fully saturated rings. The Labute approximate surface area is 194 Å². The molecule has 33 heavy (non-hydrogen) atoms. The van der Waals surface area contributed by atoms with Crippen molar-refractivity contribution in [2.75, 3.05) is 6.61 Å². The van der Waals surface area contributed by atoms with Crippen LogP contribution in [0.1, 0.15) is 37.6 Å². The predicted molar refractivity (Wildman–Crippen MR) is 129 cm³/mol. The number of benzene rings is 3. The maximum atomic E-state index is 12.3. The number of hydrogen-bond donors (Lipinski definition) is 2. The molecule has 0 heterocycles. The zero-order chi connectivity index (χ0) is 23.6. The van der Waals surface area contributed by atoms with Crippen molar-refractivity contribution in [1.82, 2.24) is 10.9 Å². The van der Waals surface area contributed by atoms with Gasteiger partial charge in [0.25, 0.3) is 11.8 Å². The fraction of sp³-hybridized carbons (Fsp3) is 0.259. The molecule has 172 valence electrons. The summed E-state index contributed by atoms with van der Waals surface area (Å²) in [7, 11) is 0. The lowest BCUT2D eigenvalue weighted by Crippen LogP contribution is -2.47. The van der Waals surface area contributed by atoms with Gasteiger partial charge in [-0.15, -0.1) is 0 Å². The highest BCUT2D eigenvalue weighted by atomic mass is 16.5. The number of nitrogens with one attached hydrogen (secondary N) is 2. The van der Waals surface area contributed by atoms with Gasteiger partial charge in [0.05, 0.1) is 6.61 Å². The van der Waals surface area contributed by atoms with Crippen molar-refractivity contribution in [2.45, 2.75) is 33.3 Å². The number of ether oxygens (including phenoxy) is 2. The van der Waals surface area contributed by atoms with Gasteiger partial charge >= 0.3 is 0 Å². The van der Waals surface area contributed by atoms with E-state index in [9.17, 15) is 9.59 Å². The van der Waals surface area contributed by atoms with Crippen molar-refractivity contribution in [3.05, 3.63) is 84.4 Å². The summed E-state index contributed by atoms with van der Waals surface area (Å²) in [6.07, 6.45) is 0.177. The van der Waals surface area contributed by atoms with E-state index in [1.54, 1.807) is 31.2 Å². The number of hydrazine groups is 1. The van der Waals surface area contributed by atoms with Crippen LogP contribution in [0.3, 0.4) is 0 Å². The van der Waals surface area contributed by atoms with E-state index in [1.807, 2.05) is 54.6 Å². The Bertz CT molecular complexity index is 1030. The highest BCUT2D eigenvalue weighted by Crippen LogP contribution is 2.22. The van der Waals surface area contributed by atoms with Crippen molar-refractivity contribution >= 4 is 11.8 Å². The Hall–Kier alpha value is -3.80. The second-order valence-electron chi connectivity index (χ2n) is 8.15. The lowest BCUT2D eigenvalue weighted by atomic mass is 10.1. The monoisotopic (exact) mass is 446 g/mol. The Morgan fingerprint density at radius 1 is 0.758 bits per heavy atom. The minimum absolute atomic E-state index is 0.414. The summed E-state index contributed by atoms with van der Waals surface area (Å²) in [5, 5.41) is 0. The number of carbonyl (C=O) groups excluding carboxylic acids is 2. The molecule has 3 aromatic rings. The molecule has 0 spiro atoms. The number of hydrogen-bond acceptors (Lipinski definition) is 4. The van der Waals surface area contributed by atoms with E-state index in [2.05, 4.69) is 24.7 Å². The average Bonchev–Trinajstić information content (AvgIpc) is 2.83. The topological polar surface area (TPSA) is 76.7 Å². The first kappa shape index (κ1) is 23.9. The van der Waals surface area contributed by atoms with Gasteiger partial charge in [-0.3, -0.25) is 20.4 Å². The van der Waals surface area contributed by atoms with Gasteiger partial charge in [0.15, 0.2) is 6.10 Å². The van der Waals surface area contributed by atoms with E-state index in [1.165, 1.54) is 0 Å². The molecule has 0 aliphatic heterocycles. The second kappa shape index (κ2) is 11.7. The Morgan fingerprint density at radius 2 is 1.36 bits per heavy atom. The molecule has 3 aromatic carbocycles. The highest BCUT2D eigenvalue weighted by molar-refractivity contribution is 5.95. The van der Waals surface area contributed by atoms with Gasteiger partial charge < -0.3 is 9.47 Å². The van der Waals surface area contributed by atoms with Gasteiger partial charge in [0.1, 0.15) is 11.5 Å². The molecule has 2 N–H and O–H groups in total. The summed E-state index contributed by atoms with van der Waals surface area (Å²) >= 11 is 0. The van der Waals surface area contributed by atoms with Crippen molar-refractivity contribution in [1.29, 1.82) is 0 Å². The van der Waals surface area contributed by atoms with Gasteiger partial charge in [-0.2, -0.15) is 0 Å². The minimum atomic E-state index is -0.787. The average molecular weight is 447 g/mol. The second-order valence-corrected chi connectivity index (χ2v) is 8.15. The maximum Gasteiger partial charge on any atom is 0.279 e. The first-order valence-corrected chi connectivity index (χ1v) is 11.1. The molecule has 0 aliphatic carbocycles. The largest absolute Gasteiger partial charge is 0.494 e. The van der Waals surface area contributed by atoms with Crippen molar-refractivity contribution < 1.29 is 19.1 Å². The fourth-order valence-corrected chi connectivity index (χ4v) is 3.02. The summed E-state index contributed by atoms with van der Waals surface area (Å²) in [5.74, 6) is 0.965. The number of rotatable bonds is 9. The molecule has 0 radical (unpaired) electrons. The molecule has 0 aliphatic rings. The van der Waals surface area contributed by atoms with Crippen LogP contribution in [0, 0.1) is 5.92 Å². The van der Waals surface area contributed by atoms with Crippen LogP contribution in [-0.4, -0.2) is 24.5 Å². The normalized spacial score (nSPS) is 11.5. The zero-order valence-corrected chi connectivity index (χ0v) is 19.2. The molecule has 3 rings (SSSR count). The Morgan fingerprint density at radius 3 is 2.00 bits per heavy atom. The van der Waals surface area contributed by atoms with E-state index in [0.717, 1.165) is 17.5 Å². The molecular formula is C27H30N2O4.